The number of nitrogens with one attached hydrogen (secondary N) is 1. The topological polar surface area (TPSA) is 136 Å². The first-order valence-electron chi connectivity index (χ1n) is 14.2. The predicted molar refractivity (Wildman–Crippen MR) is 164 cm³/mol. The second kappa shape index (κ2) is 13.6. The summed E-state index contributed by atoms with van der Waals surface area (Å²) in [6.45, 7) is 6.89. The number of hydrogen-bond donors (Lipinski definition) is 3. The Balaban J connectivity index is 1.60. The second-order valence-electron chi connectivity index (χ2n) is 11.3. The van der Waals surface area contributed by atoms with E-state index in [0.29, 0.717) is 36.6 Å². The van der Waals surface area contributed by atoms with Crippen LogP contribution in [0.25, 0.3) is 0 Å². The molecule has 10 nitrogen and oxygen atoms in total. The number of carboxylic acids is 1. The molecular formula is C32H39N3O7S. The van der Waals surface area contributed by atoms with Gasteiger partial charge in [-0.25, -0.2) is 13.2 Å². The molecule has 0 fully saturated rings. The molecule has 0 bridgehead atoms. The van der Waals surface area contributed by atoms with Crippen LogP contribution >= 0.6 is 0 Å². The summed E-state index contributed by atoms with van der Waals surface area (Å²) in [5, 5.41) is 19.1. The Labute approximate surface area is 253 Å². The Bertz CT molecular complexity index is 1540. The number of anilines is 1. The van der Waals surface area contributed by atoms with E-state index in [9.17, 15) is 28.2 Å². The lowest BCUT2D eigenvalue weighted by Crippen LogP contribution is -2.47. The van der Waals surface area contributed by atoms with Crippen molar-refractivity contribution in [1.29, 1.82) is 0 Å². The van der Waals surface area contributed by atoms with Gasteiger partial charge in [0.05, 0.1) is 29.5 Å². The number of aryl methyl sites for hydroxylation is 1. The van der Waals surface area contributed by atoms with E-state index in [1.807, 2.05) is 20.9 Å². The van der Waals surface area contributed by atoms with Gasteiger partial charge in [-0.15, -0.1) is 0 Å². The van der Waals surface area contributed by atoms with E-state index in [4.69, 9.17) is 4.74 Å². The minimum atomic E-state index is -3.85. The van der Waals surface area contributed by atoms with Crippen molar-refractivity contribution in [3.63, 3.8) is 0 Å². The standard InChI is InChI=1S/C32H39N3O7S/c1-21-5-12-28(13-6-21)43(40,41)33-27-11-14-29-26(15-27)16-31(37)35(23(3)20-36)17-22(2)30(42-29)19-34(4)18-24-7-9-25(10-8-24)32(38)39/h5-15,22-23,30,33,36H,16-20H2,1-4H3,(H,38,39)/t22-,23+,30-/m1/s1. The summed E-state index contributed by atoms with van der Waals surface area (Å²) in [5.41, 5.74) is 2.96. The van der Waals surface area contributed by atoms with Gasteiger partial charge in [0, 0.05) is 36.8 Å². The van der Waals surface area contributed by atoms with E-state index < -0.39 is 22.0 Å². The molecule has 3 N–H and O–H groups in total. The van der Waals surface area contributed by atoms with Gasteiger partial charge < -0.3 is 19.8 Å². The Kier molecular flexibility index (Phi) is 10.1. The molecule has 0 aliphatic carbocycles. The fourth-order valence-corrected chi connectivity index (χ4v) is 6.13. The third kappa shape index (κ3) is 8.13. The first-order chi connectivity index (χ1) is 20.4. The maximum absolute atomic E-state index is 13.5. The predicted octanol–water partition coefficient (Wildman–Crippen LogP) is 3.78. The minimum Gasteiger partial charge on any atom is -0.488 e. The number of aliphatic hydroxyl groups is 1. The monoisotopic (exact) mass is 609 g/mol. The zero-order valence-electron chi connectivity index (χ0n) is 24.9. The lowest BCUT2D eigenvalue weighted by molar-refractivity contribution is -0.134. The molecule has 0 saturated heterocycles. The van der Waals surface area contributed by atoms with Gasteiger partial charge in [-0.05, 0) is 68.9 Å². The SMILES string of the molecule is Cc1ccc(S(=O)(=O)Nc2ccc3c(c2)CC(=O)N([C@@H](C)CO)C[C@@H](C)[C@@H](CN(C)Cc2ccc(C(=O)O)cc2)O3)cc1. The van der Waals surface area contributed by atoms with Gasteiger partial charge in [-0.1, -0.05) is 36.8 Å². The van der Waals surface area contributed by atoms with Crippen LogP contribution < -0.4 is 9.46 Å². The molecule has 1 aliphatic rings. The second-order valence-corrected chi connectivity index (χ2v) is 13.0. The molecule has 1 amide bonds. The van der Waals surface area contributed by atoms with E-state index in [1.54, 1.807) is 78.6 Å². The molecular weight excluding hydrogens is 570 g/mol. The first-order valence-corrected chi connectivity index (χ1v) is 15.6. The van der Waals surface area contributed by atoms with Crippen molar-refractivity contribution in [3.05, 3.63) is 89.0 Å². The molecule has 0 aromatic heterocycles. The third-order valence-electron chi connectivity index (χ3n) is 7.64. The average molecular weight is 610 g/mol. The number of aromatic carboxylic acids is 1. The molecule has 1 aliphatic heterocycles. The Hall–Kier alpha value is -3.93. The van der Waals surface area contributed by atoms with Crippen LogP contribution in [0.4, 0.5) is 5.69 Å². The Morgan fingerprint density at radius 1 is 1.12 bits per heavy atom. The molecule has 1 heterocycles. The van der Waals surface area contributed by atoms with Crippen molar-refractivity contribution in [1.82, 2.24) is 9.80 Å². The maximum Gasteiger partial charge on any atom is 0.335 e. The molecule has 0 spiro atoms. The van der Waals surface area contributed by atoms with Gasteiger partial charge >= 0.3 is 5.97 Å². The van der Waals surface area contributed by atoms with Crippen molar-refractivity contribution in [2.75, 3.05) is 31.5 Å². The van der Waals surface area contributed by atoms with E-state index in [-0.39, 0.29) is 41.4 Å². The third-order valence-corrected chi connectivity index (χ3v) is 9.04. The number of hydrogen-bond acceptors (Lipinski definition) is 7. The number of carboxylic acid groups (broad SMARTS) is 1. The zero-order chi connectivity index (χ0) is 31.3. The highest BCUT2D eigenvalue weighted by molar-refractivity contribution is 7.92. The fourth-order valence-electron chi connectivity index (χ4n) is 5.08. The summed E-state index contributed by atoms with van der Waals surface area (Å²) in [7, 11) is -1.91. The largest absolute Gasteiger partial charge is 0.488 e. The number of nitrogens with zero attached hydrogens (tertiary/aromatic N) is 2. The molecule has 3 aromatic carbocycles. The van der Waals surface area contributed by atoms with Crippen molar-refractivity contribution in [2.24, 2.45) is 5.92 Å². The highest BCUT2D eigenvalue weighted by Gasteiger charge is 2.31. The van der Waals surface area contributed by atoms with E-state index in [2.05, 4.69) is 9.62 Å². The molecule has 4 rings (SSSR count). The normalized spacial score (nSPS) is 18.2. The maximum atomic E-state index is 13.5. The molecule has 11 heteroatoms. The number of carbonyl (C=O) groups is 2. The van der Waals surface area contributed by atoms with E-state index in [0.717, 1.165) is 11.1 Å². The van der Waals surface area contributed by atoms with Crippen LogP contribution in [0.2, 0.25) is 0 Å². The first kappa shape index (κ1) is 32.0. The number of likely N-dealkylation sites (N-methyl/N-ethyl adjacent to an activating group) is 1. The number of rotatable bonds is 10. The Morgan fingerprint density at radius 2 is 1.79 bits per heavy atom. The summed E-state index contributed by atoms with van der Waals surface area (Å²) in [6, 6.07) is 17.8. The van der Waals surface area contributed by atoms with Crippen LogP contribution in [-0.2, 0) is 27.8 Å². The van der Waals surface area contributed by atoms with Crippen molar-refractivity contribution >= 4 is 27.6 Å². The summed E-state index contributed by atoms with van der Waals surface area (Å²) in [6.07, 6.45) is -0.373. The van der Waals surface area contributed by atoms with Gasteiger partial charge in [0.2, 0.25) is 5.91 Å². The van der Waals surface area contributed by atoms with Crippen LogP contribution in [0.3, 0.4) is 0 Å². The lowest BCUT2D eigenvalue weighted by Gasteiger charge is -2.34. The molecule has 0 unspecified atom stereocenters. The van der Waals surface area contributed by atoms with Crippen LogP contribution in [0.1, 0.15) is 40.9 Å². The summed E-state index contributed by atoms with van der Waals surface area (Å²) < 4.78 is 35.2. The van der Waals surface area contributed by atoms with Crippen LogP contribution in [-0.4, -0.2) is 79.2 Å². The van der Waals surface area contributed by atoms with Crippen molar-refractivity contribution in [3.8, 4) is 5.75 Å². The number of carbonyl (C=O) groups excluding carboxylic acids is 1. The van der Waals surface area contributed by atoms with Crippen LogP contribution in [0, 0.1) is 12.8 Å². The zero-order valence-corrected chi connectivity index (χ0v) is 25.7. The van der Waals surface area contributed by atoms with Crippen LogP contribution in [0.15, 0.2) is 71.6 Å². The van der Waals surface area contributed by atoms with E-state index >= 15 is 0 Å². The molecule has 3 atom stereocenters. The summed E-state index contributed by atoms with van der Waals surface area (Å²) >= 11 is 0. The highest BCUT2D eigenvalue weighted by Crippen LogP contribution is 2.30. The number of amides is 1. The number of ether oxygens (including phenoxy) is 1. The summed E-state index contributed by atoms with van der Waals surface area (Å²) in [4.78, 5) is 28.6. The van der Waals surface area contributed by atoms with Gasteiger partial charge in [-0.2, -0.15) is 0 Å². The molecule has 0 saturated carbocycles. The van der Waals surface area contributed by atoms with Crippen molar-refractivity contribution < 1.29 is 33.0 Å². The lowest BCUT2D eigenvalue weighted by atomic mass is 10.0. The summed E-state index contributed by atoms with van der Waals surface area (Å²) in [5.74, 6) is -0.792. The van der Waals surface area contributed by atoms with Gasteiger partial charge in [0.15, 0.2) is 0 Å². The molecule has 43 heavy (non-hydrogen) atoms. The molecule has 230 valence electrons. The molecule has 3 aromatic rings. The van der Waals surface area contributed by atoms with E-state index in [1.165, 1.54) is 0 Å². The quantitative estimate of drug-likeness (QED) is 0.316. The highest BCUT2D eigenvalue weighted by atomic mass is 32.2. The van der Waals surface area contributed by atoms with Crippen molar-refractivity contribution in [2.45, 2.75) is 50.8 Å². The number of benzene rings is 3. The smallest absolute Gasteiger partial charge is 0.335 e. The van der Waals surface area contributed by atoms with Crippen LogP contribution in [0.5, 0.6) is 5.75 Å². The van der Waals surface area contributed by atoms with Gasteiger partial charge in [0.25, 0.3) is 10.0 Å². The Morgan fingerprint density at radius 3 is 2.42 bits per heavy atom. The van der Waals surface area contributed by atoms with Gasteiger partial charge in [-0.3, -0.25) is 14.4 Å². The number of sulfonamides is 1. The minimum absolute atomic E-state index is 0.0228. The molecule has 0 radical (unpaired) electrons. The fraction of sp³-hybridized carbons (Fsp3) is 0.375. The number of aliphatic hydroxyl groups excluding tert-OH is 1. The number of fused-ring (bicyclic) bond motifs is 1. The van der Waals surface area contributed by atoms with Gasteiger partial charge in [0.1, 0.15) is 11.9 Å². The average Bonchev–Trinajstić information content (AvgIpc) is 3.00.